The van der Waals surface area contributed by atoms with E-state index in [1.807, 2.05) is 43.4 Å². The number of hydrogen-bond donors (Lipinski definition) is 1. The summed E-state index contributed by atoms with van der Waals surface area (Å²) in [4.78, 5) is 7.20. The minimum atomic E-state index is -0.539. The largest absolute Gasteiger partial charge is 0.493 e. The van der Waals surface area contributed by atoms with Crippen LogP contribution in [0.15, 0.2) is 40.9 Å². The molecule has 0 fully saturated rings. The molecular weight excluding hydrogens is 545 g/mol. The van der Waals surface area contributed by atoms with Crippen molar-refractivity contribution in [1.29, 1.82) is 0 Å². The average molecular weight is 575 g/mol. The molecule has 34 heavy (non-hydrogen) atoms. The predicted molar refractivity (Wildman–Crippen MR) is 141 cm³/mol. The molecule has 1 aliphatic rings. The van der Waals surface area contributed by atoms with Crippen molar-refractivity contribution >= 4 is 40.7 Å². The van der Waals surface area contributed by atoms with Gasteiger partial charge in [-0.15, -0.1) is 24.8 Å². The van der Waals surface area contributed by atoms with Gasteiger partial charge in [0.2, 0.25) is 5.75 Å². The van der Waals surface area contributed by atoms with E-state index in [9.17, 15) is 5.11 Å². The highest BCUT2D eigenvalue weighted by molar-refractivity contribution is 9.10. The first-order valence-electron chi connectivity index (χ1n) is 10.5. The van der Waals surface area contributed by atoms with Crippen LogP contribution in [0.25, 0.3) is 11.4 Å². The summed E-state index contributed by atoms with van der Waals surface area (Å²) in [5.41, 5.74) is 4.06. The number of benzene rings is 2. The van der Waals surface area contributed by atoms with E-state index in [-0.39, 0.29) is 24.8 Å². The Morgan fingerprint density at radius 2 is 1.65 bits per heavy atom. The monoisotopic (exact) mass is 573 g/mol. The molecule has 0 bridgehead atoms. The molecule has 2 heterocycles. The molecule has 4 rings (SSSR count). The van der Waals surface area contributed by atoms with Gasteiger partial charge in [0, 0.05) is 48.8 Å². The summed E-state index contributed by atoms with van der Waals surface area (Å²) in [5.74, 6) is 2.61. The summed E-state index contributed by atoms with van der Waals surface area (Å²) in [6.07, 6.45) is 0.332. The number of hydrogen-bond acceptors (Lipinski definition) is 6. The third-order valence-electron chi connectivity index (χ3n) is 5.94. The lowest BCUT2D eigenvalue weighted by atomic mass is 10.1. The molecule has 0 saturated carbocycles. The van der Waals surface area contributed by atoms with Crippen LogP contribution in [0.4, 0.5) is 0 Å². The first-order chi connectivity index (χ1) is 15.4. The second kappa shape index (κ2) is 12.1. The minimum absolute atomic E-state index is 0. The van der Waals surface area contributed by atoms with Crippen LogP contribution in [0.2, 0.25) is 0 Å². The van der Waals surface area contributed by atoms with Crippen molar-refractivity contribution in [3.63, 3.8) is 0 Å². The lowest BCUT2D eigenvalue weighted by Crippen LogP contribution is -2.34. The molecule has 1 N–H and O–H groups in total. The van der Waals surface area contributed by atoms with Gasteiger partial charge in [-0.05, 0) is 29.8 Å². The van der Waals surface area contributed by atoms with E-state index in [0.717, 1.165) is 40.1 Å². The zero-order valence-corrected chi connectivity index (χ0v) is 22.8. The SMILES string of the molecule is COc1cc(-c2nc3c(n2C)CCN(CC(O)c2ccc(Br)cc2)C3)cc(OC)c1OC.Cl.Cl. The number of ether oxygens (including phenoxy) is 3. The highest BCUT2D eigenvalue weighted by atomic mass is 79.9. The Morgan fingerprint density at radius 1 is 1.03 bits per heavy atom. The fourth-order valence-electron chi connectivity index (χ4n) is 4.24. The van der Waals surface area contributed by atoms with Crippen molar-refractivity contribution in [3.05, 3.63) is 57.8 Å². The van der Waals surface area contributed by atoms with E-state index in [2.05, 4.69) is 25.4 Å². The van der Waals surface area contributed by atoms with Gasteiger partial charge in [-0.3, -0.25) is 4.90 Å². The first kappa shape index (κ1) is 28.3. The van der Waals surface area contributed by atoms with E-state index >= 15 is 0 Å². The van der Waals surface area contributed by atoms with E-state index in [0.29, 0.717) is 30.3 Å². The topological polar surface area (TPSA) is 69.0 Å². The number of halogens is 3. The summed E-state index contributed by atoms with van der Waals surface area (Å²) in [6, 6.07) is 11.7. The van der Waals surface area contributed by atoms with Gasteiger partial charge < -0.3 is 23.9 Å². The van der Waals surface area contributed by atoms with Gasteiger partial charge >= 0.3 is 0 Å². The quantitative estimate of drug-likeness (QED) is 0.437. The Morgan fingerprint density at radius 3 is 2.21 bits per heavy atom. The molecule has 0 radical (unpaired) electrons. The Bertz CT molecular complexity index is 1080. The fourth-order valence-corrected chi connectivity index (χ4v) is 4.51. The molecule has 1 atom stereocenters. The van der Waals surface area contributed by atoms with Crippen molar-refractivity contribution in [2.24, 2.45) is 7.05 Å². The number of methoxy groups -OCH3 is 3. The Kier molecular flexibility index (Phi) is 10.1. The number of β-amino-alcohol motifs (C(OH)–C–C–N with tert-alkyl or cyclic N) is 1. The fraction of sp³-hybridized carbons (Fsp3) is 0.375. The highest BCUT2D eigenvalue weighted by Gasteiger charge is 2.26. The summed E-state index contributed by atoms with van der Waals surface area (Å²) in [5, 5.41) is 10.7. The van der Waals surface area contributed by atoms with Crippen LogP contribution in [0.5, 0.6) is 17.2 Å². The van der Waals surface area contributed by atoms with Gasteiger partial charge in [0.25, 0.3) is 0 Å². The maximum Gasteiger partial charge on any atom is 0.203 e. The third-order valence-corrected chi connectivity index (χ3v) is 6.47. The van der Waals surface area contributed by atoms with Crippen LogP contribution in [0.1, 0.15) is 23.1 Å². The molecule has 186 valence electrons. The van der Waals surface area contributed by atoms with Crippen LogP contribution in [0, 0.1) is 0 Å². The van der Waals surface area contributed by atoms with Crippen LogP contribution in [-0.4, -0.2) is 54.0 Å². The maximum atomic E-state index is 10.7. The molecule has 1 aromatic heterocycles. The van der Waals surface area contributed by atoms with Crippen molar-refractivity contribution in [3.8, 4) is 28.6 Å². The molecule has 10 heteroatoms. The highest BCUT2D eigenvalue weighted by Crippen LogP contribution is 2.41. The molecule has 0 aliphatic carbocycles. The second-order valence-electron chi connectivity index (χ2n) is 7.85. The average Bonchev–Trinajstić information content (AvgIpc) is 3.14. The zero-order valence-electron chi connectivity index (χ0n) is 19.6. The van der Waals surface area contributed by atoms with E-state index in [1.165, 1.54) is 5.69 Å². The molecule has 0 amide bonds. The minimum Gasteiger partial charge on any atom is -0.493 e. The van der Waals surface area contributed by atoms with Crippen LogP contribution < -0.4 is 14.2 Å². The Hall–Kier alpha value is -1.97. The smallest absolute Gasteiger partial charge is 0.203 e. The third kappa shape index (κ3) is 5.63. The lowest BCUT2D eigenvalue weighted by Gasteiger charge is -2.28. The predicted octanol–water partition coefficient (Wildman–Crippen LogP) is 4.81. The zero-order chi connectivity index (χ0) is 22.8. The first-order valence-corrected chi connectivity index (χ1v) is 11.2. The second-order valence-corrected chi connectivity index (χ2v) is 8.77. The van der Waals surface area contributed by atoms with E-state index < -0.39 is 6.10 Å². The van der Waals surface area contributed by atoms with Gasteiger partial charge in [-0.1, -0.05) is 28.1 Å². The summed E-state index contributed by atoms with van der Waals surface area (Å²) < 4.78 is 19.6. The molecule has 3 aromatic rings. The van der Waals surface area contributed by atoms with E-state index in [4.69, 9.17) is 19.2 Å². The maximum absolute atomic E-state index is 10.7. The molecule has 1 aliphatic heterocycles. The van der Waals surface area contributed by atoms with E-state index in [1.54, 1.807) is 21.3 Å². The lowest BCUT2D eigenvalue weighted by molar-refractivity contribution is 0.105. The number of fused-ring (bicyclic) bond motifs is 1. The standard InChI is InChI=1S/C24H28BrN3O4.2ClH/c1-27-19-9-10-28(14-20(29)15-5-7-17(25)8-6-15)13-18(19)26-24(27)16-11-21(30-2)23(32-4)22(12-16)31-3;;/h5-8,11-12,20,29H,9-10,13-14H2,1-4H3;2*1H. The number of aliphatic hydroxyl groups is 1. The van der Waals surface area contributed by atoms with Crippen LogP contribution in [0.3, 0.4) is 0 Å². The molecular formula is C24H30BrCl2N3O4. The molecule has 1 unspecified atom stereocenters. The normalized spacial score (nSPS) is 13.8. The number of nitrogens with zero attached hydrogens (tertiary/aromatic N) is 3. The van der Waals surface area contributed by atoms with Gasteiger partial charge in [-0.25, -0.2) is 4.98 Å². The molecule has 7 nitrogen and oxygen atoms in total. The van der Waals surface area contributed by atoms with Gasteiger partial charge in [0.15, 0.2) is 11.5 Å². The van der Waals surface area contributed by atoms with Crippen LogP contribution >= 0.6 is 40.7 Å². The number of imidazole rings is 1. The van der Waals surface area contributed by atoms with Crippen molar-refractivity contribution in [2.75, 3.05) is 34.4 Å². The Labute approximate surface area is 221 Å². The van der Waals surface area contributed by atoms with Gasteiger partial charge in [-0.2, -0.15) is 0 Å². The van der Waals surface area contributed by atoms with Crippen LogP contribution in [-0.2, 0) is 20.0 Å². The summed E-state index contributed by atoms with van der Waals surface area (Å²) in [6.45, 7) is 2.13. The van der Waals surface area contributed by atoms with Gasteiger partial charge in [0.1, 0.15) is 5.82 Å². The molecule has 2 aromatic carbocycles. The summed E-state index contributed by atoms with van der Waals surface area (Å²) in [7, 11) is 6.85. The van der Waals surface area contributed by atoms with Crippen molar-refractivity contribution in [1.82, 2.24) is 14.5 Å². The molecule has 0 spiro atoms. The molecule has 0 saturated heterocycles. The number of aliphatic hydroxyl groups excluding tert-OH is 1. The van der Waals surface area contributed by atoms with Crippen molar-refractivity contribution in [2.45, 2.75) is 19.1 Å². The summed E-state index contributed by atoms with van der Waals surface area (Å²) >= 11 is 3.44. The number of aromatic nitrogens is 2. The Balaban J connectivity index is 0.00000204. The van der Waals surface area contributed by atoms with Gasteiger partial charge in [0.05, 0.1) is 33.1 Å². The number of rotatable bonds is 7. The van der Waals surface area contributed by atoms with Crippen molar-refractivity contribution < 1.29 is 19.3 Å².